The average Bonchev–Trinajstić information content (AvgIpc) is 1.81. The van der Waals surface area contributed by atoms with Crippen molar-refractivity contribution in [2.24, 2.45) is 5.73 Å². The number of hydrogen-bond donors (Lipinski definition) is 3. The van der Waals surface area contributed by atoms with Crippen molar-refractivity contribution in [1.29, 1.82) is 5.41 Å². The maximum atomic E-state index is 11.2. The second-order valence-electron chi connectivity index (χ2n) is 3.76. The number of thioether (sulfide) groups is 1. The zero-order chi connectivity index (χ0) is 10.5. The van der Waals surface area contributed by atoms with Crippen molar-refractivity contribution in [3.63, 3.8) is 0 Å². The smallest absolute Gasteiger partial charge is 0.221 e. The molecule has 1 amide bonds. The number of carbonyl (C=O) groups is 1. The molecule has 0 saturated carbocycles. The lowest BCUT2D eigenvalue weighted by molar-refractivity contribution is -0.122. The normalized spacial score (nSPS) is 11.0. The molecule has 0 spiro atoms. The van der Waals surface area contributed by atoms with Crippen molar-refractivity contribution in [2.75, 3.05) is 5.75 Å². The molecule has 0 atom stereocenters. The Morgan fingerprint density at radius 3 is 2.46 bits per heavy atom. The van der Waals surface area contributed by atoms with E-state index >= 15 is 0 Å². The van der Waals surface area contributed by atoms with E-state index in [1.165, 1.54) is 11.8 Å². The minimum Gasteiger partial charge on any atom is -0.379 e. The summed E-state index contributed by atoms with van der Waals surface area (Å²) in [6.07, 6.45) is 0.404. The van der Waals surface area contributed by atoms with Gasteiger partial charge in [0, 0.05) is 17.7 Å². The van der Waals surface area contributed by atoms with Crippen molar-refractivity contribution < 1.29 is 4.79 Å². The summed E-state index contributed by atoms with van der Waals surface area (Å²) < 4.78 is 0. The van der Waals surface area contributed by atoms with Gasteiger partial charge in [0.1, 0.15) is 0 Å². The first-order chi connectivity index (χ1) is 5.81. The highest BCUT2D eigenvalue weighted by Crippen LogP contribution is 2.03. The van der Waals surface area contributed by atoms with Gasteiger partial charge >= 0.3 is 0 Å². The van der Waals surface area contributed by atoms with Gasteiger partial charge in [-0.3, -0.25) is 10.2 Å². The number of nitrogens with one attached hydrogen (secondary N) is 2. The molecule has 0 aliphatic heterocycles. The Balaban J connectivity index is 3.59. The zero-order valence-electron chi connectivity index (χ0n) is 8.31. The summed E-state index contributed by atoms with van der Waals surface area (Å²) in [4.78, 5) is 11.2. The fourth-order valence-electron chi connectivity index (χ4n) is 0.734. The Bertz CT molecular complexity index is 198. The quantitative estimate of drug-likeness (QED) is 0.471. The highest BCUT2D eigenvalue weighted by Gasteiger charge is 2.12. The van der Waals surface area contributed by atoms with Crippen LogP contribution in [0.2, 0.25) is 0 Å². The summed E-state index contributed by atoms with van der Waals surface area (Å²) >= 11 is 1.19. The molecule has 0 heterocycles. The molecule has 0 aromatic rings. The van der Waals surface area contributed by atoms with Crippen LogP contribution in [0.3, 0.4) is 0 Å². The van der Waals surface area contributed by atoms with Gasteiger partial charge in [0.2, 0.25) is 5.91 Å². The molecule has 0 aliphatic carbocycles. The predicted molar refractivity (Wildman–Crippen MR) is 56.9 cm³/mol. The van der Waals surface area contributed by atoms with Crippen molar-refractivity contribution in [3.05, 3.63) is 0 Å². The third-order valence-corrected chi connectivity index (χ3v) is 1.82. The van der Waals surface area contributed by atoms with Crippen molar-refractivity contribution in [2.45, 2.75) is 32.7 Å². The molecule has 4 N–H and O–H groups in total. The largest absolute Gasteiger partial charge is 0.379 e. The molecule has 0 aromatic heterocycles. The summed E-state index contributed by atoms with van der Waals surface area (Å²) in [5.74, 6) is 0.568. The Morgan fingerprint density at radius 1 is 1.54 bits per heavy atom. The van der Waals surface area contributed by atoms with E-state index in [2.05, 4.69) is 5.32 Å². The summed E-state index contributed by atoms with van der Waals surface area (Å²) in [5, 5.41) is 9.82. The van der Waals surface area contributed by atoms with Crippen LogP contribution in [-0.4, -0.2) is 22.4 Å². The van der Waals surface area contributed by atoms with Gasteiger partial charge < -0.3 is 11.1 Å². The molecule has 0 bridgehead atoms. The Kier molecular flexibility index (Phi) is 4.83. The van der Waals surface area contributed by atoms with Crippen LogP contribution >= 0.6 is 11.8 Å². The van der Waals surface area contributed by atoms with Crippen LogP contribution in [0.5, 0.6) is 0 Å². The second-order valence-corrected chi connectivity index (χ2v) is 4.90. The molecule has 0 aliphatic rings. The fourth-order valence-corrected chi connectivity index (χ4v) is 1.24. The SMILES string of the molecule is CC(C)(C)NC(=O)CCSC(=N)N. The van der Waals surface area contributed by atoms with E-state index in [1.807, 2.05) is 20.8 Å². The van der Waals surface area contributed by atoms with Crippen LogP contribution in [-0.2, 0) is 4.79 Å². The molecular weight excluding hydrogens is 186 g/mol. The minimum absolute atomic E-state index is 0.00116. The van der Waals surface area contributed by atoms with Gasteiger partial charge in [-0.25, -0.2) is 0 Å². The number of amides is 1. The summed E-state index contributed by atoms with van der Waals surface area (Å²) in [7, 11) is 0. The van der Waals surface area contributed by atoms with Gasteiger partial charge in [-0.1, -0.05) is 11.8 Å². The van der Waals surface area contributed by atoms with Crippen LogP contribution < -0.4 is 11.1 Å². The van der Waals surface area contributed by atoms with Crippen LogP contribution in [0.1, 0.15) is 27.2 Å². The maximum absolute atomic E-state index is 11.2. The maximum Gasteiger partial charge on any atom is 0.221 e. The molecule has 0 aromatic carbocycles. The van der Waals surface area contributed by atoms with Crippen LogP contribution in [0.15, 0.2) is 0 Å². The van der Waals surface area contributed by atoms with Crippen LogP contribution in [0.4, 0.5) is 0 Å². The summed E-state index contributed by atoms with van der Waals surface area (Å²) in [6, 6.07) is 0. The summed E-state index contributed by atoms with van der Waals surface area (Å²) in [5.41, 5.74) is 4.94. The van der Waals surface area contributed by atoms with Gasteiger partial charge in [0.05, 0.1) is 0 Å². The Labute approximate surface area is 83.2 Å². The van der Waals surface area contributed by atoms with E-state index in [1.54, 1.807) is 0 Å². The molecule has 5 heteroatoms. The average molecular weight is 203 g/mol. The highest BCUT2D eigenvalue weighted by molar-refractivity contribution is 8.13. The van der Waals surface area contributed by atoms with Crippen molar-refractivity contribution >= 4 is 22.8 Å². The first-order valence-electron chi connectivity index (χ1n) is 4.09. The molecule has 4 nitrogen and oxygen atoms in total. The third-order valence-electron chi connectivity index (χ3n) is 1.10. The Hall–Kier alpha value is -0.710. The number of rotatable bonds is 3. The molecule has 0 saturated heterocycles. The number of hydrogen-bond acceptors (Lipinski definition) is 3. The van der Waals surface area contributed by atoms with Crippen molar-refractivity contribution in [1.82, 2.24) is 5.32 Å². The van der Waals surface area contributed by atoms with E-state index < -0.39 is 0 Å². The van der Waals surface area contributed by atoms with E-state index in [4.69, 9.17) is 11.1 Å². The minimum atomic E-state index is -0.183. The molecule has 0 radical (unpaired) electrons. The van der Waals surface area contributed by atoms with Gasteiger partial charge in [0.25, 0.3) is 0 Å². The Morgan fingerprint density at radius 2 is 2.08 bits per heavy atom. The van der Waals surface area contributed by atoms with Gasteiger partial charge in [0.15, 0.2) is 5.17 Å². The summed E-state index contributed by atoms with van der Waals surface area (Å²) in [6.45, 7) is 5.80. The number of nitrogens with two attached hydrogens (primary N) is 1. The highest BCUT2D eigenvalue weighted by atomic mass is 32.2. The molecule has 13 heavy (non-hydrogen) atoms. The standard InChI is InChI=1S/C8H17N3OS/c1-8(2,3)11-6(12)4-5-13-7(9)10/h4-5H2,1-3H3,(H3,9,10)(H,11,12). The monoisotopic (exact) mass is 203 g/mol. The van der Waals surface area contributed by atoms with Gasteiger partial charge in [-0.2, -0.15) is 0 Å². The molecule has 0 fully saturated rings. The van der Waals surface area contributed by atoms with Crippen LogP contribution in [0.25, 0.3) is 0 Å². The molecule has 76 valence electrons. The van der Waals surface area contributed by atoms with E-state index in [9.17, 15) is 4.79 Å². The lowest BCUT2D eigenvalue weighted by Gasteiger charge is -2.20. The number of amidine groups is 1. The van der Waals surface area contributed by atoms with Gasteiger partial charge in [-0.05, 0) is 20.8 Å². The predicted octanol–water partition coefficient (Wildman–Crippen LogP) is 0.918. The van der Waals surface area contributed by atoms with E-state index in [0.29, 0.717) is 12.2 Å². The number of carbonyl (C=O) groups excluding carboxylic acids is 1. The molecule has 0 rings (SSSR count). The zero-order valence-corrected chi connectivity index (χ0v) is 9.12. The van der Waals surface area contributed by atoms with E-state index in [-0.39, 0.29) is 16.6 Å². The lowest BCUT2D eigenvalue weighted by Crippen LogP contribution is -2.40. The lowest BCUT2D eigenvalue weighted by atomic mass is 10.1. The van der Waals surface area contributed by atoms with Gasteiger partial charge in [-0.15, -0.1) is 0 Å². The third kappa shape index (κ3) is 9.20. The molecular formula is C8H17N3OS. The van der Waals surface area contributed by atoms with E-state index in [0.717, 1.165) is 0 Å². The first-order valence-corrected chi connectivity index (χ1v) is 5.07. The van der Waals surface area contributed by atoms with Crippen molar-refractivity contribution in [3.8, 4) is 0 Å². The van der Waals surface area contributed by atoms with Crippen LogP contribution in [0, 0.1) is 5.41 Å². The topological polar surface area (TPSA) is 79.0 Å². The molecule has 0 unspecified atom stereocenters. The fraction of sp³-hybridized carbons (Fsp3) is 0.750. The first kappa shape index (κ1) is 12.3. The second kappa shape index (κ2) is 5.11.